The molecule has 0 saturated carbocycles. The van der Waals surface area contributed by atoms with Gasteiger partial charge in [0.05, 0.1) is 15.9 Å². The molecule has 0 atom stereocenters. The molecule has 5 heteroatoms. The molecule has 2 aromatic carbocycles. The molecule has 0 fully saturated rings. The molecule has 2 rings (SSSR count). The van der Waals surface area contributed by atoms with Gasteiger partial charge in [0.15, 0.2) is 0 Å². The third-order valence-corrected chi connectivity index (χ3v) is 2.81. The standard InChI is InChI=1S/C7H8O3S.C7H8.Na/c8-11(9,10)6-7-4-2-1-3-5-7;1-7-5-3-2-4-6-7;/h1-5H,6H2,(H,8,9,10);2-6H,1H3;/q;;+1/p-1. The minimum absolute atomic E-state index is 0. The molecular formula is C14H15NaO3S. The van der Waals surface area contributed by atoms with Gasteiger partial charge in [-0.05, 0) is 12.5 Å². The van der Waals surface area contributed by atoms with Gasteiger partial charge in [-0.15, -0.1) is 0 Å². The molecule has 0 radical (unpaired) electrons. The first-order chi connectivity index (χ1) is 8.47. The summed E-state index contributed by atoms with van der Waals surface area (Å²) in [4.78, 5) is 0. The van der Waals surface area contributed by atoms with Crippen molar-refractivity contribution in [3.63, 3.8) is 0 Å². The van der Waals surface area contributed by atoms with Gasteiger partial charge < -0.3 is 4.55 Å². The average Bonchev–Trinajstić information content (AvgIpc) is 2.30. The average molecular weight is 286 g/mol. The largest absolute Gasteiger partial charge is 1.00 e. The summed E-state index contributed by atoms with van der Waals surface area (Å²) in [5.74, 6) is -0.423. The van der Waals surface area contributed by atoms with E-state index in [0.29, 0.717) is 5.56 Å². The van der Waals surface area contributed by atoms with E-state index in [1.165, 1.54) is 5.56 Å². The second-order valence-corrected chi connectivity index (χ2v) is 5.25. The van der Waals surface area contributed by atoms with Gasteiger partial charge in [0.25, 0.3) is 0 Å². The zero-order valence-corrected chi connectivity index (χ0v) is 13.9. The molecule has 0 aliphatic carbocycles. The molecule has 0 amide bonds. The van der Waals surface area contributed by atoms with Crippen molar-refractivity contribution >= 4 is 10.1 Å². The van der Waals surface area contributed by atoms with E-state index < -0.39 is 15.9 Å². The maximum Gasteiger partial charge on any atom is 1.00 e. The molecule has 0 aromatic heterocycles. The first-order valence-corrected chi connectivity index (χ1v) is 7.04. The van der Waals surface area contributed by atoms with E-state index in [1.807, 2.05) is 18.2 Å². The number of aryl methyl sites for hydroxylation is 1. The molecule has 0 spiro atoms. The van der Waals surface area contributed by atoms with Crippen LogP contribution in [0.2, 0.25) is 0 Å². The molecule has 2 aromatic rings. The molecular weight excluding hydrogens is 271 g/mol. The smallest absolute Gasteiger partial charge is 0.748 e. The van der Waals surface area contributed by atoms with Crippen molar-refractivity contribution in [2.75, 3.05) is 0 Å². The van der Waals surface area contributed by atoms with Gasteiger partial charge in [0.1, 0.15) is 0 Å². The summed E-state index contributed by atoms with van der Waals surface area (Å²) >= 11 is 0. The fourth-order valence-electron chi connectivity index (χ4n) is 1.31. The second-order valence-electron chi connectivity index (χ2n) is 3.84. The Bertz CT molecular complexity index is 554. The topological polar surface area (TPSA) is 57.2 Å². The fraction of sp³-hybridized carbons (Fsp3) is 0.143. The Morgan fingerprint density at radius 2 is 1.32 bits per heavy atom. The molecule has 0 bridgehead atoms. The monoisotopic (exact) mass is 286 g/mol. The summed E-state index contributed by atoms with van der Waals surface area (Å²) in [6.45, 7) is 2.08. The predicted molar refractivity (Wildman–Crippen MR) is 71.0 cm³/mol. The normalized spacial score (nSPS) is 9.79. The Labute approximate surface area is 136 Å². The maximum absolute atomic E-state index is 10.2. The SMILES string of the molecule is Cc1ccccc1.O=S(=O)([O-])Cc1ccccc1.[Na+]. The van der Waals surface area contributed by atoms with E-state index in [1.54, 1.807) is 30.3 Å². The first-order valence-electron chi connectivity index (χ1n) is 5.46. The number of hydrogen-bond donors (Lipinski definition) is 0. The molecule has 0 saturated heterocycles. The minimum atomic E-state index is -4.13. The summed E-state index contributed by atoms with van der Waals surface area (Å²) in [5, 5.41) is 0. The zero-order chi connectivity index (χ0) is 13.4. The van der Waals surface area contributed by atoms with Crippen molar-refractivity contribution in [2.45, 2.75) is 12.7 Å². The quantitative estimate of drug-likeness (QED) is 0.564. The number of rotatable bonds is 2. The Morgan fingerprint density at radius 3 is 1.63 bits per heavy atom. The van der Waals surface area contributed by atoms with Gasteiger partial charge in [-0.25, -0.2) is 8.42 Å². The first kappa shape index (κ1) is 18.4. The zero-order valence-electron chi connectivity index (χ0n) is 11.1. The van der Waals surface area contributed by atoms with Crippen LogP contribution in [0.15, 0.2) is 60.7 Å². The summed E-state index contributed by atoms with van der Waals surface area (Å²) in [5.41, 5.74) is 1.85. The second kappa shape index (κ2) is 9.28. The fourth-order valence-corrected chi connectivity index (χ4v) is 1.91. The Morgan fingerprint density at radius 1 is 0.895 bits per heavy atom. The van der Waals surface area contributed by atoms with Crippen molar-refractivity contribution in [2.24, 2.45) is 0 Å². The Kier molecular flexibility index (Phi) is 8.97. The van der Waals surface area contributed by atoms with Crippen LogP contribution in [0.1, 0.15) is 11.1 Å². The van der Waals surface area contributed by atoms with E-state index >= 15 is 0 Å². The van der Waals surface area contributed by atoms with Crippen LogP contribution < -0.4 is 29.6 Å². The van der Waals surface area contributed by atoms with Crippen LogP contribution in [0.3, 0.4) is 0 Å². The van der Waals surface area contributed by atoms with Crippen molar-refractivity contribution in [1.29, 1.82) is 0 Å². The van der Waals surface area contributed by atoms with Crippen LogP contribution in [0.25, 0.3) is 0 Å². The van der Waals surface area contributed by atoms with Crippen molar-refractivity contribution < 1.29 is 42.5 Å². The van der Waals surface area contributed by atoms with Crippen LogP contribution in [0.5, 0.6) is 0 Å². The summed E-state index contributed by atoms with van der Waals surface area (Å²) in [6.07, 6.45) is 0. The summed E-state index contributed by atoms with van der Waals surface area (Å²) < 4.78 is 30.7. The van der Waals surface area contributed by atoms with Crippen molar-refractivity contribution in [1.82, 2.24) is 0 Å². The maximum atomic E-state index is 10.2. The van der Waals surface area contributed by atoms with E-state index in [-0.39, 0.29) is 29.6 Å². The van der Waals surface area contributed by atoms with Gasteiger partial charge in [0.2, 0.25) is 0 Å². The van der Waals surface area contributed by atoms with Crippen LogP contribution in [-0.4, -0.2) is 13.0 Å². The molecule has 0 aliphatic rings. The predicted octanol–water partition coefficient (Wildman–Crippen LogP) is -0.269. The van der Waals surface area contributed by atoms with Crippen LogP contribution in [0, 0.1) is 6.92 Å². The van der Waals surface area contributed by atoms with Crippen molar-refractivity contribution in [3.8, 4) is 0 Å². The third kappa shape index (κ3) is 9.87. The van der Waals surface area contributed by atoms with Gasteiger partial charge in [-0.3, -0.25) is 0 Å². The summed E-state index contributed by atoms with van der Waals surface area (Å²) in [7, 11) is -4.13. The molecule has 96 valence electrons. The third-order valence-electron chi connectivity index (χ3n) is 2.13. The van der Waals surface area contributed by atoms with Gasteiger partial charge >= 0.3 is 29.6 Å². The van der Waals surface area contributed by atoms with Gasteiger partial charge in [-0.1, -0.05) is 66.2 Å². The molecule has 0 heterocycles. The molecule has 0 N–H and O–H groups in total. The van der Waals surface area contributed by atoms with Crippen LogP contribution >= 0.6 is 0 Å². The van der Waals surface area contributed by atoms with E-state index in [0.717, 1.165) is 0 Å². The summed E-state index contributed by atoms with van der Waals surface area (Å²) in [6, 6.07) is 18.6. The molecule has 0 unspecified atom stereocenters. The van der Waals surface area contributed by atoms with Gasteiger partial charge in [-0.2, -0.15) is 0 Å². The molecule has 3 nitrogen and oxygen atoms in total. The van der Waals surface area contributed by atoms with E-state index in [9.17, 15) is 13.0 Å². The molecule has 0 aliphatic heterocycles. The van der Waals surface area contributed by atoms with Crippen LogP contribution in [-0.2, 0) is 15.9 Å². The Balaban J connectivity index is 0.000000352. The molecule has 19 heavy (non-hydrogen) atoms. The minimum Gasteiger partial charge on any atom is -0.748 e. The number of benzene rings is 2. The Hall–Kier alpha value is -0.650. The van der Waals surface area contributed by atoms with Crippen molar-refractivity contribution in [3.05, 3.63) is 71.8 Å². The van der Waals surface area contributed by atoms with Crippen LogP contribution in [0.4, 0.5) is 0 Å². The number of hydrogen-bond acceptors (Lipinski definition) is 3. The van der Waals surface area contributed by atoms with E-state index in [4.69, 9.17) is 0 Å². The van der Waals surface area contributed by atoms with E-state index in [2.05, 4.69) is 19.1 Å². The van der Waals surface area contributed by atoms with Gasteiger partial charge in [0, 0.05) is 0 Å².